The largest absolute Gasteiger partial charge is 0.353 e. The first-order valence-electron chi connectivity index (χ1n) is 5.70. The number of nitrogens with one attached hydrogen (secondary N) is 1. The highest BCUT2D eigenvalue weighted by molar-refractivity contribution is 5.83. The minimum absolute atomic E-state index is 0.0622. The van der Waals surface area contributed by atoms with Crippen LogP contribution in [0.3, 0.4) is 0 Å². The van der Waals surface area contributed by atoms with Crippen molar-refractivity contribution in [3.05, 3.63) is 35.9 Å². The van der Waals surface area contributed by atoms with Gasteiger partial charge in [-0.25, -0.2) is 0 Å². The molecule has 1 aromatic carbocycles. The Balaban J connectivity index is 2.55. The summed E-state index contributed by atoms with van der Waals surface area (Å²) in [5.74, 6) is -0.0476. The fourth-order valence-electron chi connectivity index (χ4n) is 1.58. The maximum atomic E-state index is 11.9. The number of carbonyl (C=O) groups is 1. The van der Waals surface area contributed by atoms with E-state index in [1.807, 2.05) is 44.2 Å². The van der Waals surface area contributed by atoms with E-state index in [-0.39, 0.29) is 17.9 Å². The first-order valence-corrected chi connectivity index (χ1v) is 5.70. The predicted octanol–water partition coefficient (Wildman–Crippen LogP) is 1.64. The lowest BCUT2D eigenvalue weighted by Gasteiger charge is -2.17. The summed E-state index contributed by atoms with van der Waals surface area (Å²) in [4.78, 5) is 11.9. The van der Waals surface area contributed by atoms with E-state index in [4.69, 9.17) is 5.73 Å². The molecular weight excluding hydrogens is 200 g/mol. The Morgan fingerprint density at radius 3 is 2.50 bits per heavy atom. The molecule has 2 unspecified atom stereocenters. The van der Waals surface area contributed by atoms with Gasteiger partial charge in [-0.2, -0.15) is 0 Å². The van der Waals surface area contributed by atoms with E-state index < -0.39 is 0 Å². The third-order valence-electron chi connectivity index (χ3n) is 2.68. The fraction of sp³-hybridized carbons (Fsp3) is 0.462. The third kappa shape index (κ3) is 3.66. The molecule has 0 aliphatic heterocycles. The summed E-state index contributed by atoms with van der Waals surface area (Å²) in [6.45, 7) is 4.49. The van der Waals surface area contributed by atoms with Crippen LogP contribution in [0.15, 0.2) is 30.3 Å². The molecule has 1 rings (SSSR count). The second-order valence-electron chi connectivity index (χ2n) is 4.12. The van der Waals surface area contributed by atoms with Gasteiger partial charge in [0.05, 0.1) is 5.92 Å². The van der Waals surface area contributed by atoms with Crippen LogP contribution in [0.2, 0.25) is 0 Å². The van der Waals surface area contributed by atoms with Gasteiger partial charge in [0.25, 0.3) is 0 Å². The highest BCUT2D eigenvalue weighted by Crippen LogP contribution is 2.14. The summed E-state index contributed by atoms with van der Waals surface area (Å²) >= 11 is 0. The van der Waals surface area contributed by atoms with Crippen LogP contribution in [-0.2, 0) is 4.79 Å². The molecule has 0 aliphatic rings. The van der Waals surface area contributed by atoms with Crippen molar-refractivity contribution in [2.24, 2.45) is 5.73 Å². The molecule has 0 aliphatic carbocycles. The summed E-state index contributed by atoms with van der Waals surface area (Å²) in [5, 5.41) is 2.96. The fourth-order valence-corrected chi connectivity index (χ4v) is 1.58. The minimum Gasteiger partial charge on any atom is -0.353 e. The molecule has 0 saturated carbocycles. The summed E-state index contributed by atoms with van der Waals surface area (Å²) in [7, 11) is 0. The Morgan fingerprint density at radius 2 is 1.94 bits per heavy atom. The smallest absolute Gasteiger partial charge is 0.227 e. The van der Waals surface area contributed by atoms with Gasteiger partial charge in [-0.15, -0.1) is 0 Å². The Bertz CT molecular complexity index is 324. The van der Waals surface area contributed by atoms with Crippen LogP contribution < -0.4 is 11.1 Å². The van der Waals surface area contributed by atoms with E-state index in [9.17, 15) is 4.79 Å². The highest BCUT2D eigenvalue weighted by Gasteiger charge is 2.16. The lowest BCUT2D eigenvalue weighted by molar-refractivity contribution is -0.122. The third-order valence-corrected chi connectivity index (χ3v) is 2.68. The van der Waals surface area contributed by atoms with Gasteiger partial charge in [-0.1, -0.05) is 30.3 Å². The van der Waals surface area contributed by atoms with Crippen molar-refractivity contribution < 1.29 is 4.79 Å². The Kier molecular flexibility index (Phi) is 4.99. The quantitative estimate of drug-likeness (QED) is 0.792. The van der Waals surface area contributed by atoms with Gasteiger partial charge in [-0.05, 0) is 32.4 Å². The van der Waals surface area contributed by atoms with Crippen molar-refractivity contribution in [2.75, 3.05) is 6.54 Å². The number of nitrogens with two attached hydrogens (primary N) is 1. The van der Waals surface area contributed by atoms with Gasteiger partial charge in [0, 0.05) is 6.04 Å². The number of hydrogen-bond acceptors (Lipinski definition) is 2. The Labute approximate surface area is 97.0 Å². The number of carbonyl (C=O) groups excluding carboxylic acids is 1. The summed E-state index contributed by atoms with van der Waals surface area (Å²) in [5.41, 5.74) is 6.48. The molecule has 2 atom stereocenters. The van der Waals surface area contributed by atoms with Crippen molar-refractivity contribution >= 4 is 5.91 Å². The van der Waals surface area contributed by atoms with Gasteiger partial charge >= 0.3 is 0 Å². The van der Waals surface area contributed by atoms with Crippen LogP contribution in [0.4, 0.5) is 0 Å². The first kappa shape index (κ1) is 12.7. The Morgan fingerprint density at radius 1 is 1.31 bits per heavy atom. The van der Waals surface area contributed by atoms with Crippen LogP contribution in [0.1, 0.15) is 31.7 Å². The van der Waals surface area contributed by atoms with Gasteiger partial charge in [-0.3, -0.25) is 4.79 Å². The molecule has 3 nitrogen and oxygen atoms in total. The van der Waals surface area contributed by atoms with E-state index in [2.05, 4.69) is 5.32 Å². The zero-order chi connectivity index (χ0) is 12.0. The topological polar surface area (TPSA) is 55.1 Å². The molecule has 0 heterocycles. The summed E-state index contributed by atoms with van der Waals surface area (Å²) < 4.78 is 0. The predicted molar refractivity (Wildman–Crippen MR) is 66.1 cm³/mol. The monoisotopic (exact) mass is 220 g/mol. The van der Waals surface area contributed by atoms with Gasteiger partial charge in [0.15, 0.2) is 0 Å². The first-order chi connectivity index (χ1) is 7.65. The van der Waals surface area contributed by atoms with Crippen molar-refractivity contribution in [3.63, 3.8) is 0 Å². The van der Waals surface area contributed by atoms with Crippen molar-refractivity contribution in [3.8, 4) is 0 Å². The van der Waals surface area contributed by atoms with Gasteiger partial charge in [0.2, 0.25) is 5.91 Å². The average molecular weight is 220 g/mol. The van der Waals surface area contributed by atoms with Crippen molar-refractivity contribution in [2.45, 2.75) is 32.2 Å². The van der Waals surface area contributed by atoms with Crippen LogP contribution >= 0.6 is 0 Å². The second-order valence-corrected chi connectivity index (χ2v) is 4.12. The number of rotatable bonds is 5. The molecule has 1 amide bonds. The zero-order valence-corrected chi connectivity index (χ0v) is 9.94. The van der Waals surface area contributed by atoms with Gasteiger partial charge in [0.1, 0.15) is 0 Å². The van der Waals surface area contributed by atoms with Crippen LogP contribution in [0, 0.1) is 0 Å². The lowest BCUT2D eigenvalue weighted by atomic mass is 10.00. The lowest BCUT2D eigenvalue weighted by Crippen LogP contribution is -2.36. The summed E-state index contributed by atoms with van der Waals surface area (Å²) in [6, 6.07) is 9.93. The molecule has 0 radical (unpaired) electrons. The molecule has 88 valence electrons. The maximum Gasteiger partial charge on any atom is 0.227 e. The molecular formula is C13H20N2O. The van der Waals surface area contributed by atoms with E-state index >= 15 is 0 Å². The van der Waals surface area contributed by atoms with Crippen LogP contribution in [0.5, 0.6) is 0 Å². The molecule has 16 heavy (non-hydrogen) atoms. The molecule has 0 saturated heterocycles. The average Bonchev–Trinajstić information content (AvgIpc) is 2.29. The Hall–Kier alpha value is -1.35. The number of amides is 1. The molecule has 0 spiro atoms. The van der Waals surface area contributed by atoms with Crippen molar-refractivity contribution in [1.29, 1.82) is 0 Å². The van der Waals surface area contributed by atoms with E-state index in [1.165, 1.54) is 0 Å². The highest BCUT2D eigenvalue weighted by atomic mass is 16.1. The van der Waals surface area contributed by atoms with Crippen LogP contribution in [0.25, 0.3) is 0 Å². The van der Waals surface area contributed by atoms with Gasteiger partial charge < -0.3 is 11.1 Å². The number of hydrogen-bond donors (Lipinski definition) is 2. The summed E-state index contributed by atoms with van der Waals surface area (Å²) in [6.07, 6.45) is 0.813. The van der Waals surface area contributed by atoms with Crippen LogP contribution in [-0.4, -0.2) is 18.5 Å². The van der Waals surface area contributed by atoms with E-state index in [1.54, 1.807) is 0 Å². The van der Waals surface area contributed by atoms with E-state index in [0.717, 1.165) is 12.0 Å². The molecule has 3 N–H and O–H groups in total. The minimum atomic E-state index is -0.110. The molecule has 0 fully saturated rings. The normalized spacial score (nSPS) is 14.2. The SMILES string of the molecule is CC(CCN)NC(=O)C(C)c1ccccc1. The molecule has 0 aromatic heterocycles. The molecule has 3 heteroatoms. The molecule has 0 bridgehead atoms. The maximum absolute atomic E-state index is 11.9. The van der Waals surface area contributed by atoms with E-state index in [0.29, 0.717) is 6.54 Å². The second kappa shape index (κ2) is 6.28. The van der Waals surface area contributed by atoms with Crippen molar-refractivity contribution in [1.82, 2.24) is 5.32 Å². The standard InChI is InChI=1S/C13H20N2O/c1-10(8-9-14)15-13(16)11(2)12-6-4-3-5-7-12/h3-7,10-11H,8-9,14H2,1-2H3,(H,15,16). The number of benzene rings is 1. The zero-order valence-electron chi connectivity index (χ0n) is 9.94. The molecule has 1 aromatic rings.